The van der Waals surface area contributed by atoms with Gasteiger partial charge in [-0.15, -0.1) is 24.0 Å². The van der Waals surface area contributed by atoms with Gasteiger partial charge in [-0.2, -0.15) is 0 Å². The Kier molecular flexibility index (Phi) is 11.2. The number of guanidine groups is 1. The number of halogens is 1. The average molecular weight is 439 g/mol. The summed E-state index contributed by atoms with van der Waals surface area (Å²) in [4.78, 5) is 4.64. The van der Waals surface area contributed by atoms with Crippen molar-refractivity contribution < 1.29 is 9.84 Å². The SMILES string of the molecule is CCNC(=NCCCOC1CCCC1)NC1CCC(O)CC1.I. The van der Waals surface area contributed by atoms with Crippen LogP contribution >= 0.6 is 24.0 Å². The van der Waals surface area contributed by atoms with E-state index >= 15 is 0 Å². The van der Waals surface area contributed by atoms with Crippen molar-refractivity contribution in [1.29, 1.82) is 0 Å². The van der Waals surface area contributed by atoms with Gasteiger partial charge < -0.3 is 20.5 Å². The maximum Gasteiger partial charge on any atom is 0.191 e. The number of aliphatic hydroxyl groups excluding tert-OH is 1. The lowest BCUT2D eigenvalue weighted by atomic mass is 9.93. The van der Waals surface area contributed by atoms with Crippen LogP contribution in [0.1, 0.15) is 64.7 Å². The molecule has 2 rings (SSSR count). The van der Waals surface area contributed by atoms with Gasteiger partial charge in [-0.25, -0.2) is 0 Å². The maximum atomic E-state index is 9.57. The highest BCUT2D eigenvalue weighted by molar-refractivity contribution is 14.0. The van der Waals surface area contributed by atoms with E-state index in [2.05, 4.69) is 22.5 Å². The van der Waals surface area contributed by atoms with Gasteiger partial charge in [0.15, 0.2) is 5.96 Å². The second kappa shape index (κ2) is 12.3. The summed E-state index contributed by atoms with van der Waals surface area (Å²) >= 11 is 0. The highest BCUT2D eigenvalue weighted by Gasteiger charge is 2.20. The van der Waals surface area contributed by atoms with Crippen LogP contribution in [-0.4, -0.2) is 49.0 Å². The first-order chi connectivity index (χ1) is 10.8. The van der Waals surface area contributed by atoms with Crippen molar-refractivity contribution >= 4 is 29.9 Å². The summed E-state index contributed by atoms with van der Waals surface area (Å²) in [6, 6.07) is 0.441. The summed E-state index contributed by atoms with van der Waals surface area (Å²) in [7, 11) is 0. The quantitative estimate of drug-likeness (QED) is 0.247. The molecule has 5 nitrogen and oxygen atoms in total. The summed E-state index contributed by atoms with van der Waals surface area (Å²) in [6.45, 7) is 4.59. The van der Waals surface area contributed by atoms with Gasteiger partial charge >= 0.3 is 0 Å². The van der Waals surface area contributed by atoms with Crippen molar-refractivity contribution in [3.8, 4) is 0 Å². The van der Waals surface area contributed by atoms with Gasteiger partial charge in [0, 0.05) is 25.7 Å². The Morgan fingerprint density at radius 1 is 1.13 bits per heavy atom. The minimum absolute atomic E-state index is 0. The maximum absolute atomic E-state index is 9.57. The Hall–Kier alpha value is -0.0800. The summed E-state index contributed by atoms with van der Waals surface area (Å²) < 4.78 is 5.87. The van der Waals surface area contributed by atoms with Crippen molar-refractivity contribution in [3.05, 3.63) is 0 Å². The zero-order chi connectivity index (χ0) is 15.6. The van der Waals surface area contributed by atoms with Gasteiger partial charge in [-0.05, 0) is 51.9 Å². The third-order valence-corrected chi connectivity index (χ3v) is 4.61. The molecule has 0 bridgehead atoms. The van der Waals surface area contributed by atoms with Crippen molar-refractivity contribution in [2.75, 3.05) is 19.7 Å². The Labute approximate surface area is 158 Å². The first kappa shape index (κ1) is 21.0. The molecule has 0 aromatic carbocycles. The third-order valence-electron chi connectivity index (χ3n) is 4.61. The molecule has 0 aromatic rings. The van der Waals surface area contributed by atoms with E-state index in [4.69, 9.17) is 4.74 Å². The molecule has 2 fully saturated rings. The van der Waals surface area contributed by atoms with Crippen molar-refractivity contribution in [3.63, 3.8) is 0 Å². The van der Waals surface area contributed by atoms with E-state index in [1.54, 1.807) is 0 Å². The minimum Gasteiger partial charge on any atom is -0.393 e. The van der Waals surface area contributed by atoms with Crippen LogP contribution < -0.4 is 10.6 Å². The van der Waals surface area contributed by atoms with Crippen LogP contribution in [0.2, 0.25) is 0 Å². The Morgan fingerprint density at radius 2 is 1.83 bits per heavy atom. The zero-order valence-corrected chi connectivity index (χ0v) is 16.8. The first-order valence-electron chi connectivity index (χ1n) is 9.12. The number of rotatable bonds is 7. The average Bonchev–Trinajstić information content (AvgIpc) is 3.02. The fourth-order valence-electron chi connectivity index (χ4n) is 3.29. The minimum atomic E-state index is -0.106. The van der Waals surface area contributed by atoms with Gasteiger partial charge in [0.25, 0.3) is 0 Å². The van der Waals surface area contributed by atoms with E-state index in [0.717, 1.165) is 57.8 Å². The standard InChI is InChI=1S/C17H33N3O2.HI/c1-2-18-17(20-14-8-10-15(21)11-9-14)19-12-5-13-22-16-6-3-4-7-16;/h14-16,21H,2-13H2,1H3,(H2,18,19,20);1H. The summed E-state index contributed by atoms with van der Waals surface area (Å²) in [5, 5.41) is 16.4. The van der Waals surface area contributed by atoms with E-state index < -0.39 is 0 Å². The molecule has 0 saturated heterocycles. The molecule has 23 heavy (non-hydrogen) atoms. The van der Waals surface area contributed by atoms with Crippen LogP contribution in [0.15, 0.2) is 4.99 Å². The number of aliphatic imine (C=N–C) groups is 1. The largest absolute Gasteiger partial charge is 0.393 e. The molecule has 0 amide bonds. The molecule has 0 atom stereocenters. The fraction of sp³-hybridized carbons (Fsp3) is 0.941. The monoisotopic (exact) mass is 439 g/mol. The first-order valence-corrected chi connectivity index (χ1v) is 9.12. The lowest BCUT2D eigenvalue weighted by molar-refractivity contribution is 0.0579. The summed E-state index contributed by atoms with van der Waals surface area (Å²) in [6.07, 6.45) is 10.3. The lowest BCUT2D eigenvalue weighted by Gasteiger charge is -2.27. The van der Waals surface area contributed by atoms with Gasteiger partial charge in [0.2, 0.25) is 0 Å². The van der Waals surface area contributed by atoms with Crippen LogP contribution in [-0.2, 0) is 4.74 Å². The molecule has 0 radical (unpaired) electrons. The van der Waals surface area contributed by atoms with Crippen LogP contribution in [0.25, 0.3) is 0 Å². The Bertz CT molecular complexity index is 328. The summed E-state index contributed by atoms with van der Waals surface area (Å²) in [5.74, 6) is 0.907. The van der Waals surface area contributed by atoms with E-state index in [0.29, 0.717) is 12.1 Å². The fourth-order valence-corrected chi connectivity index (χ4v) is 3.29. The van der Waals surface area contributed by atoms with Crippen molar-refractivity contribution in [2.24, 2.45) is 4.99 Å². The molecule has 136 valence electrons. The molecule has 2 aliphatic carbocycles. The van der Waals surface area contributed by atoms with Crippen LogP contribution in [0.3, 0.4) is 0 Å². The lowest BCUT2D eigenvalue weighted by Crippen LogP contribution is -2.45. The molecule has 0 unspecified atom stereocenters. The number of hydrogen-bond donors (Lipinski definition) is 3. The van der Waals surface area contributed by atoms with Gasteiger partial charge in [0.1, 0.15) is 0 Å². The predicted octanol–water partition coefficient (Wildman–Crippen LogP) is 2.81. The van der Waals surface area contributed by atoms with Gasteiger partial charge in [-0.1, -0.05) is 12.8 Å². The molecule has 0 heterocycles. The van der Waals surface area contributed by atoms with Gasteiger partial charge in [0.05, 0.1) is 12.2 Å². The number of nitrogens with zero attached hydrogens (tertiary/aromatic N) is 1. The molecule has 0 aliphatic heterocycles. The number of ether oxygens (including phenoxy) is 1. The molecule has 2 saturated carbocycles. The topological polar surface area (TPSA) is 65.9 Å². The third kappa shape index (κ3) is 8.54. The number of aliphatic hydroxyl groups is 1. The van der Waals surface area contributed by atoms with E-state index in [9.17, 15) is 5.11 Å². The second-order valence-corrected chi connectivity index (χ2v) is 6.54. The normalized spacial score (nSPS) is 25.9. The van der Waals surface area contributed by atoms with Crippen molar-refractivity contribution in [2.45, 2.75) is 83.0 Å². The van der Waals surface area contributed by atoms with E-state index in [-0.39, 0.29) is 30.1 Å². The smallest absolute Gasteiger partial charge is 0.191 e. The van der Waals surface area contributed by atoms with Crippen LogP contribution in [0, 0.1) is 0 Å². The van der Waals surface area contributed by atoms with E-state index in [1.165, 1.54) is 25.7 Å². The summed E-state index contributed by atoms with van der Waals surface area (Å²) in [5.41, 5.74) is 0. The molecule has 0 spiro atoms. The number of nitrogens with one attached hydrogen (secondary N) is 2. The Morgan fingerprint density at radius 3 is 2.48 bits per heavy atom. The van der Waals surface area contributed by atoms with Crippen LogP contribution in [0.4, 0.5) is 0 Å². The molecule has 6 heteroatoms. The highest BCUT2D eigenvalue weighted by atomic mass is 127. The molecular formula is C17H34IN3O2. The molecule has 0 aromatic heterocycles. The molecule has 2 aliphatic rings. The zero-order valence-electron chi connectivity index (χ0n) is 14.4. The molecule has 3 N–H and O–H groups in total. The highest BCUT2D eigenvalue weighted by Crippen LogP contribution is 2.21. The Balaban J connectivity index is 0.00000264. The van der Waals surface area contributed by atoms with Crippen LogP contribution in [0.5, 0.6) is 0 Å². The van der Waals surface area contributed by atoms with Crippen molar-refractivity contribution in [1.82, 2.24) is 10.6 Å². The van der Waals surface area contributed by atoms with Gasteiger partial charge in [-0.3, -0.25) is 4.99 Å². The number of hydrogen-bond acceptors (Lipinski definition) is 3. The molecular weight excluding hydrogens is 405 g/mol. The predicted molar refractivity (Wildman–Crippen MR) is 106 cm³/mol. The van der Waals surface area contributed by atoms with E-state index in [1.807, 2.05) is 0 Å². The second-order valence-electron chi connectivity index (χ2n) is 6.54.